The zero-order chi connectivity index (χ0) is 26.9. The van der Waals surface area contributed by atoms with E-state index < -0.39 is 10.0 Å². The van der Waals surface area contributed by atoms with Gasteiger partial charge in [0.1, 0.15) is 5.65 Å². The molecule has 1 atom stereocenters. The van der Waals surface area contributed by atoms with E-state index in [-0.39, 0.29) is 11.4 Å². The van der Waals surface area contributed by atoms with E-state index in [2.05, 4.69) is 41.9 Å². The molecule has 0 spiro atoms. The van der Waals surface area contributed by atoms with Gasteiger partial charge in [-0.2, -0.15) is 4.98 Å². The van der Waals surface area contributed by atoms with Crippen molar-refractivity contribution in [2.24, 2.45) is 0 Å². The van der Waals surface area contributed by atoms with Gasteiger partial charge in [0.25, 0.3) is 0 Å². The van der Waals surface area contributed by atoms with Crippen LogP contribution in [0.25, 0.3) is 11.0 Å². The van der Waals surface area contributed by atoms with Gasteiger partial charge in [-0.25, -0.2) is 17.7 Å². The summed E-state index contributed by atoms with van der Waals surface area (Å²) in [6.07, 6.45) is 12.8. The average molecular weight is 547 g/mol. The van der Waals surface area contributed by atoms with Crippen LogP contribution < -0.4 is 5.32 Å². The molecule has 2 saturated heterocycles. The van der Waals surface area contributed by atoms with Gasteiger partial charge < -0.3 is 19.9 Å². The second-order valence-corrected chi connectivity index (χ2v) is 14.2. The van der Waals surface area contributed by atoms with Crippen LogP contribution in [0.5, 0.6) is 0 Å². The predicted octanol–water partition coefficient (Wildman–Crippen LogP) is 4.11. The molecule has 38 heavy (non-hydrogen) atoms. The summed E-state index contributed by atoms with van der Waals surface area (Å²) in [7, 11) is -1.19. The van der Waals surface area contributed by atoms with Crippen molar-refractivity contribution in [2.75, 3.05) is 38.5 Å². The van der Waals surface area contributed by atoms with Gasteiger partial charge in [-0.15, -0.1) is 0 Å². The molecular weight excluding hydrogens is 500 g/mol. The van der Waals surface area contributed by atoms with E-state index in [9.17, 15) is 13.5 Å². The number of rotatable bonds is 8. The second kappa shape index (κ2) is 11.8. The maximum Gasteiger partial charge on any atom is 0.224 e. The standard InChI is InChI=1S/C28H46N6O3S/c1-4-5-20(2)30-28-29-18-25-26(19-34(27(25)31-28)22-6-8-23(35)9-7-22)21-10-16-33(17-11-21)38(36,37)24-12-14-32(3)15-13-24/h18-24,35H,4-17H2,1-3H3,(H,29,30,31)/t20-,22-,23-/m0/s1. The minimum absolute atomic E-state index is 0.204. The summed E-state index contributed by atoms with van der Waals surface area (Å²) in [6.45, 7) is 7.21. The number of hydrogen-bond acceptors (Lipinski definition) is 7. The number of hydrogen-bond donors (Lipinski definition) is 2. The topological polar surface area (TPSA) is 104 Å². The van der Waals surface area contributed by atoms with E-state index in [1.165, 1.54) is 5.56 Å². The number of nitrogens with one attached hydrogen (secondary N) is 1. The zero-order valence-corrected chi connectivity index (χ0v) is 24.2. The molecule has 0 aromatic carbocycles. The number of nitrogens with zero attached hydrogens (tertiary/aromatic N) is 5. The maximum atomic E-state index is 13.4. The fourth-order valence-corrected chi connectivity index (χ4v) is 8.65. The van der Waals surface area contributed by atoms with E-state index in [0.717, 1.165) is 88.3 Å². The van der Waals surface area contributed by atoms with E-state index in [1.54, 1.807) is 4.31 Å². The number of sulfonamides is 1. The largest absolute Gasteiger partial charge is 0.393 e. The van der Waals surface area contributed by atoms with E-state index in [1.807, 2.05) is 6.20 Å². The minimum Gasteiger partial charge on any atom is -0.393 e. The molecule has 2 aromatic rings. The molecule has 4 heterocycles. The number of likely N-dealkylation sites (tertiary alicyclic amines) is 1. The van der Waals surface area contributed by atoms with Gasteiger partial charge in [0.2, 0.25) is 16.0 Å². The minimum atomic E-state index is -3.25. The Balaban J connectivity index is 1.36. The lowest BCUT2D eigenvalue weighted by Gasteiger charge is -2.36. The molecule has 1 saturated carbocycles. The van der Waals surface area contributed by atoms with Crippen LogP contribution in [0.1, 0.15) is 95.6 Å². The fraction of sp³-hybridized carbons (Fsp3) is 0.786. The summed E-state index contributed by atoms with van der Waals surface area (Å²) in [5.74, 6) is 0.956. The summed E-state index contributed by atoms with van der Waals surface area (Å²) in [5.41, 5.74) is 2.21. The molecule has 0 amide bonds. The first-order valence-electron chi connectivity index (χ1n) is 14.8. The molecule has 3 aliphatic rings. The quantitative estimate of drug-likeness (QED) is 0.514. The first-order valence-corrected chi connectivity index (χ1v) is 16.3. The highest BCUT2D eigenvalue weighted by atomic mass is 32.2. The summed E-state index contributed by atoms with van der Waals surface area (Å²) >= 11 is 0. The van der Waals surface area contributed by atoms with Gasteiger partial charge in [0, 0.05) is 43.0 Å². The van der Waals surface area contributed by atoms with Crippen molar-refractivity contribution in [3.63, 3.8) is 0 Å². The molecule has 0 bridgehead atoms. The third kappa shape index (κ3) is 5.88. The summed E-state index contributed by atoms with van der Waals surface area (Å²) in [5, 5.41) is 14.4. The van der Waals surface area contributed by atoms with Crippen molar-refractivity contribution in [1.82, 2.24) is 23.7 Å². The highest BCUT2D eigenvalue weighted by Crippen LogP contribution is 2.39. The van der Waals surface area contributed by atoms with Crippen molar-refractivity contribution in [2.45, 2.75) is 107 Å². The predicted molar refractivity (Wildman–Crippen MR) is 152 cm³/mol. The van der Waals surface area contributed by atoms with Gasteiger partial charge >= 0.3 is 0 Å². The number of fused-ring (bicyclic) bond motifs is 1. The van der Waals surface area contributed by atoms with Crippen molar-refractivity contribution in [3.05, 3.63) is 18.0 Å². The van der Waals surface area contributed by atoms with Gasteiger partial charge in [-0.05, 0) is 96.3 Å². The zero-order valence-electron chi connectivity index (χ0n) is 23.3. The van der Waals surface area contributed by atoms with Crippen LogP contribution >= 0.6 is 0 Å². The van der Waals surface area contributed by atoms with Crippen molar-refractivity contribution >= 4 is 27.0 Å². The Labute approximate surface area is 228 Å². The number of aliphatic hydroxyl groups is 1. The normalized spacial score (nSPS) is 26.1. The van der Waals surface area contributed by atoms with Crippen LogP contribution in [-0.4, -0.2) is 87.9 Å². The number of anilines is 1. The summed E-state index contributed by atoms with van der Waals surface area (Å²) in [6, 6.07) is 0.622. The molecule has 2 N–H and O–H groups in total. The molecule has 10 heteroatoms. The molecule has 212 valence electrons. The molecule has 9 nitrogen and oxygen atoms in total. The second-order valence-electron chi connectivity index (χ2n) is 11.9. The van der Waals surface area contributed by atoms with Crippen LogP contribution in [0.4, 0.5) is 5.95 Å². The number of piperidine rings is 2. The fourth-order valence-electron chi connectivity index (χ4n) is 6.70. The Morgan fingerprint density at radius 3 is 2.39 bits per heavy atom. The molecule has 5 rings (SSSR count). The molecule has 2 aliphatic heterocycles. The lowest BCUT2D eigenvalue weighted by molar-refractivity contribution is 0.111. The van der Waals surface area contributed by atoms with Crippen LogP contribution in [0.15, 0.2) is 12.4 Å². The Hall–Kier alpha value is -1.75. The lowest BCUT2D eigenvalue weighted by Crippen LogP contribution is -2.46. The lowest BCUT2D eigenvalue weighted by atomic mass is 9.90. The molecule has 2 aromatic heterocycles. The number of aromatic nitrogens is 3. The van der Waals surface area contributed by atoms with Gasteiger partial charge in [0.05, 0.1) is 11.4 Å². The molecular formula is C28H46N6O3S. The van der Waals surface area contributed by atoms with Gasteiger partial charge in [-0.1, -0.05) is 13.3 Å². The molecule has 1 aliphatic carbocycles. The van der Waals surface area contributed by atoms with Crippen molar-refractivity contribution in [1.29, 1.82) is 0 Å². The third-order valence-electron chi connectivity index (χ3n) is 9.10. The van der Waals surface area contributed by atoms with Crippen molar-refractivity contribution in [3.8, 4) is 0 Å². The Kier molecular flexibility index (Phi) is 8.62. The van der Waals surface area contributed by atoms with Crippen molar-refractivity contribution < 1.29 is 13.5 Å². The van der Waals surface area contributed by atoms with E-state index >= 15 is 0 Å². The highest BCUT2D eigenvalue weighted by Gasteiger charge is 2.37. The monoisotopic (exact) mass is 546 g/mol. The first kappa shape index (κ1) is 27.8. The van der Waals surface area contributed by atoms with E-state index in [0.29, 0.717) is 37.0 Å². The molecule has 0 unspecified atom stereocenters. The summed E-state index contributed by atoms with van der Waals surface area (Å²) in [4.78, 5) is 11.9. The smallest absolute Gasteiger partial charge is 0.224 e. The van der Waals surface area contributed by atoms with E-state index in [4.69, 9.17) is 9.97 Å². The maximum absolute atomic E-state index is 13.4. The average Bonchev–Trinajstić information content (AvgIpc) is 3.28. The molecule has 0 radical (unpaired) electrons. The number of aliphatic hydroxyl groups excluding tert-OH is 1. The van der Waals surface area contributed by atoms with Crippen LogP contribution in [0.2, 0.25) is 0 Å². The first-order chi connectivity index (χ1) is 18.3. The SMILES string of the molecule is CCC[C@H](C)Nc1ncc2c(C3CCN(S(=O)(=O)C4CCN(C)CC4)CC3)cn([C@H]3CC[C@H](O)CC3)c2n1. The molecule has 3 fully saturated rings. The summed E-state index contributed by atoms with van der Waals surface area (Å²) < 4.78 is 30.8. The van der Waals surface area contributed by atoms with Gasteiger partial charge in [-0.3, -0.25) is 0 Å². The Morgan fingerprint density at radius 2 is 1.74 bits per heavy atom. The van der Waals surface area contributed by atoms with Gasteiger partial charge in [0.15, 0.2) is 0 Å². The highest BCUT2D eigenvalue weighted by molar-refractivity contribution is 7.89. The van der Waals surface area contributed by atoms with Crippen LogP contribution in [0.3, 0.4) is 0 Å². The van der Waals surface area contributed by atoms with Crippen LogP contribution in [-0.2, 0) is 10.0 Å². The third-order valence-corrected chi connectivity index (χ3v) is 11.5. The van der Waals surface area contributed by atoms with Crippen LogP contribution in [0, 0.1) is 0 Å². The Morgan fingerprint density at radius 1 is 1.05 bits per heavy atom. The Bertz CT molecular complexity index is 1180.